The number of benzene rings is 2. The maximum absolute atomic E-state index is 2.00. The van der Waals surface area contributed by atoms with Crippen molar-refractivity contribution in [1.29, 1.82) is 0 Å². The molecular formula is C14H20. The normalized spacial score (nSPS) is 6.86. The molecule has 0 aromatic heterocycles. The van der Waals surface area contributed by atoms with Crippen LogP contribution in [-0.2, 0) is 0 Å². The minimum Gasteiger partial charge on any atom is -0.0776 e. The molecule has 0 N–H and O–H groups in total. The van der Waals surface area contributed by atoms with E-state index in [4.69, 9.17) is 0 Å². The van der Waals surface area contributed by atoms with Gasteiger partial charge >= 0.3 is 0 Å². The Bertz CT molecular complexity index is 175. The first kappa shape index (κ1) is 14.9. The number of hydrogen-bond acceptors (Lipinski definition) is 0. The standard InChI is InChI=1S/2C6H6.2CH4/c2*1-2-4-6-5-3-1;;/h2*1-6H;2*1H4. The van der Waals surface area contributed by atoms with E-state index in [1.807, 2.05) is 72.8 Å². The Kier molecular flexibility index (Phi) is 12.2. The minimum absolute atomic E-state index is 0. The Morgan fingerprint density at radius 1 is 0.214 bits per heavy atom. The summed E-state index contributed by atoms with van der Waals surface area (Å²) in [5.74, 6) is 0. The molecule has 0 heteroatoms. The first-order valence-corrected chi connectivity index (χ1v) is 4.00. The highest BCUT2D eigenvalue weighted by molar-refractivity contribution is 4.99. The van der Waals surface area contributed by atoms with E-state index in [1.165, 1.54) is 0 Å². The molecule has 2 aromatic rings. The monoisotopic (exact) mass is 188 g/mol. The van der Waals surface area contributed by atoms with Crippen molar-refractivity contribution < 1.29 is 0 Å². The average molecular weight is 188 g/mol. The van der Waals surface area contributed by atoms with Crippen molar-refractivity contribution in [2.75, 3.05) is 0 Å². The van der Waals surface area contributed by atoms with Crippen LogP contribution in [0.2, 0.25) is 0 Å². The van der Waals surface area contributed by atoms with Crippen LogP contribution >= 0.6 is 0 Å². The molecule has 2 aromatic carbocycles. The summed E-state index contributed by atoms with van der Waals surface area (Å²) in [5, 5.41) is 0. The van der Waals surface area contributed by atoms with Crippen molar-refractivity contribution >= 4 is 0 Å². The lowest BCUT2D eigenvalue weighted by atomic mass is 10.4. The van der Waals surface area contributed by atoms with Crippen LogP contribution in [0.4, 0.5) is 0 Å². The largest absolute Gasteiger partial charge is 0.0776 e. The minimum atomic E-state index is 0. The van der Waals surface area contributed by atoms with Gasteiger partial charge in [-0.15, -0.1) is 0 Å². The second kappa shape index (κ2) is 11.4. The van der Waals surface area contributed by atoms with E-state index in [2.05, 4.69) is 0 Å². The second-order valence-corrected chi connectivity index (χ2v) is 2.31. The lowest BCUT2D eigenvalue weighted by Gasteiger charge is -1.69. The van der Waals surface area contributed by atoms with Crippen molar-refractivity contribution in [3.8, 4) is 0 Å². The Balaban J connectivity index is 0. The molecular weight excluding hydrogens is 168 g/mol. The van der Waals surface area contributed by atoms with Crippen molar-refractivity contribution in [2.24, 2.45) is 0 Å². The molecule has 0 aliphatic heterocycles. The van der Waals surface area contributed by atoms with Gasteiger partial charge in [0.25, 0.3) is 0 Å². The zero-order chi connectivity index (χ0) is 8.49. The third kappa shape index (κ3) is 8.54. The molecule has 0 bridgehead atoms. The molecule has 14 heavy (non-hydrogen) atoms. The van der Waals surface area contributed by atoms with Gasteiger partial charge in [0.15, 0.2) is 0 Å². The van der Waals surface area contributed by atoms with E-state index < -0.39 is 0 Å². The average Bonchev–Trinajstić information content (AvgIpc) is 2.24. The fourth-order valence-electron chi connectivity index (χ4n) is 0.770. The summed E-state index contributed by atoms with van der Waals surface area (Å²) in [7, 11) is 0. The molecule has 0 atom stereocenters. The Hall–Kier alpha value is -1.56. The van der Waals surface area contributed by atoms with Crippen LogP contribution in [0.3, 0.4) is 0 Å². The molecule has 0 aliphatic carbocycles. The van der Waals surface area contributed by atoms with Gasteiger partial charge in [0.1, 0.15) is 0 Å². The smallest absolute Gasteiger partial charge is 0.0623 e. The molecule has 0 nitrogen and oxygen atoms in total. The fraction of sp³-hybridized carbons (Fsp3) is 0.143. The van der Waals surface area contributed by atoms with E-state index >= 15 is 0 Å². The molecule has 0 heterocycles. The number of hydrogen-bond donors (Lipinski definition) is 0. The Morgan fingerprint density at radius 3 is 0.357 bits per heavy atom. The van der Waals surface area contributed by atoms with E-state index in [0.29, 0.717) is 0 Å². The van der Waals surface area contributed by atoms with E-state index in [1.54, 1.807) is 0 Å². The molecule has 0 aliphatic rings. The Morgan fingerprint density at radius 2 is 0.286 bits per heavy atom. The summed E-state index contributed by atoms with van der Waals surface area (Å²) in [6, 6.07) is 24.0. The van der Waals surface area contributed by atoms with E-state index in [9.17, 15) is 0 Å². The zero-order valence-electron chi connectivity index (χ0n) is 6.93. The molecule has 0 saturated heterocycles. The van der Waals surface area contributed by atoms with Gasteiger partial charge in [-0.2, -0.15) is 0 Å². The van der Waals surface area contributed by atoms with Crippen molar-refractivity contribution in [3.63, 3.8) is 0 Å². The SMILES string of the molecule is C.C.c1ccccc1.c1ccccc1. The first-order valence-electron chi connectivity index (χ1n) is 4.00. The third-order valence-corrected chi connectivity index (χ3v) is 1.33. The first-order chi connectivity index (χ1) is 6.00. The van der Waals surface area contributed by atoms with Crippen LogP contribution in [-0.4, -0.2) is 0 Å². The highest BCUT2D eigenvalue weighted by atomic mass is 13.7. The summed E-state index contributed by atoms with van der Waals surface area (Å²) in [6.45, 7) is 0. The van der Waals surface area contributed by atoms with Crippen LogP contribution in [0, 0.1) is 0 Å². The predicted molar refractivity (Wildman–Crippen MR) is 66.3 cm³/mol. The fourth-order valence-corrected chi connectivity index (χ4v) is 0.770. The summed E-state index contributed by atoms with van der Waals surface area (Å²) in [6.07, 6.45) is 0. The lowest BCUT2D eigenvalue weighted by Crippen LogP contribution is -1.47. The maximum Gasteiger partial charge on any atom is -0.0623 e. The molecule has 76 valence electrons. The van der Waals surface area contributed by atoms with Gasteiger partial charge in [-0.1, -0.05) is 87.6 Å². The zero-order valence-corrected chi connectivity index (χ0v) is 6.93. The van der Waals surface area contributed by atoms with Crippen LogP contribution < -0.4 is 0 Å². The van der Waals surface area contributed by atoms with E-state index in [-0.39, 0.29) is 14.9 Å². The van der Waals surface area contributed by atoms with Gasteiger partial charge in [-0.05, 0) is 0 Å². The van der Waals surface area contributed by atoms with Crippen LogP contribution in [0.15, 0.2) is 72.8 Å². The summed E-state index contributed by atoms with van der Waals surface area (Å²) in [4.78, 5) is 0. The topological polar surface area (TPSA) is 0 Å². The van der Waals surface area contributed by atoms with Crippen molar-refractivity contribution in [1.82, 2.24) is 0 Å². The summed E-state index contributed by atoms with van der Waals surface area (Å²) < 4.78 is 0. The molecule has 0 saturated carbocycles. The molecule has 2 rings (SSSR count). The second-order valence-electron chi connectivity index (χ2n) is 2.31. The van der Waals surface area contributed by atoms with Gasteiger partial charge in [-0.25, -0.2) is 0 Å². The van der Waals surface area contributed by atoms with Gasteiger partial charge in [0.2, 0.25) is 0 Å². The van der Waals surface area contributed by atoms with Gasteiger partial charge in [0, 0.05) is 0 Å². The molecule has 0 radical (unpaired) electrons. The molecule has 0 spiro atoms. The van der Waals surface area contributed by atoms with Gasteiger partial charge < -0.3 is 0 Å². The Labute approximate surface area is 88.2 Å². The highest BCUT2D eigenvalue weighted by Gasteiger charge is 1.58. The third-order valence-electron chi connectivity index (χ3n) is 1.33. The quantitative estimate of drug-likeness (QED) is 0.564. The molecule has 0 fully saturated rings. The molecule has 0 amide bonds. The number of rotatable bonds is 0. The van der Waals surface area contributed by atoms with Crippen LogP contribution in [0.5, 0.6) is 0 Å². The van der Waals surface area contributed by atoms with Crippen LogP contribution in [0.1, 0.15) is 14.9 Å². The van der Waals surface area contributed by atoms with Crippen molar-refractivity contribution in [2.45, 2.75) is 14.9 Å². The summed E-state index contributed by atoms with van der Waals surface area (Å²) >= 11 is 0. The lowest BCUT2D eigenvalue weighted by molar-refractivity contribution is 1.72. The molecule has 0 unspecified atom stereocenters. The van der Waals surface area contributed by atoms with Gasteiger partial charge in [-0.3, -0.25) is 0 Å². The summed E-state index contributed by atoms with van der Waals surface area (Å²) in [5.41, 5.74) is 0. The van der Waals surface area contributed by atoms with Crippen molar-refractivity contribution in [3.05, 3.63) is 72.8 Å². The maximum atomic E-state index is 2.00. The van der Waals surface area contributed by atoms with Crippen LogP contribution in [0.25, 0.3) is 0 Å². The predicted octanol–water partition coefficient (Wildman–Crippen LogP) is 4.65. The highest BCUT2D eigenvalue weighted by Crippen LogP contribution is 1.80. The van der Waals surface area contributed by atoms with E-state index in [0.717, 1.165) is 0 Å². The van der Waals surface area contributed by atoms with Gasteiger partial charge in [0.05, 0.1) is 0 Å².